The topological polar surface area (TPSA) is 18.5 Å². The molecule has 3 nitrogen and oxygen atoms in total. The third-order valence-corrected chi connectivity index (χ3v) is 5.59. The molecule has 0 radical (unpaired) electrons. The van der Waals surface area contributed by atoms with Gasteiger partial charge >= 0.3 is 0 Å². The van der Waals surface area contributed by atoms with Gasteiger partial charge in [0.2, 0.25) is 0 Å². The van der Waals surface area contributed by atoms with E-state index in [0.29, 0.717) is 0 Å². The first-order chi connectivity index (χ1) is 8.40. The van der Waals surface area contributed by atoms with Gasteiger partial charge in [-0.2, -0.15) is 0 Å². The fraction of sp³-hybridized carbons (Fsp3) is 1.00. The van der Waals surface area contributed by atoms with Gasteiger partial charge in [-0.05, 0) is 45.1 Å². The van der Waals surface area contributed by atoms with Crippen LogP contribution in [0, 0.1) is 0 Å². The second kappa shape index (κ2) is 4.22. The van der Waals surface area contributed by atoms with Crippen molar-refractivity contribution in [1.82, 2.24) is 15.1 Å². The van der Waals surface area contributed by atoms with Gasteiger partial charge in [0, 0.05) is 43.8 Å². The molecule has 4 saturated heterocycles. The Balaban J connectivity index is 1.47. The standard InChI is InChI=1S/C14H25N3/c1-2-13-14(6-9-16(13)7-1)17-8-5-11-3-4-12(10-17)15-11/h11-15H,1-10H2. The Hall–Kier alpha value is -0.120. The maximum atomic E-state index is 3.81. The Bertz CT molecular complexity index is 293. The molecule has 4 fully saturated rings. The zero-order valence-corrected chi connectivity index (χ0v) is 10.8. The Labute approximate surface area is 105 Å². The summed E-state index contributed by atoms with van der Waals surface area (Å²) in [6.45, 7) is 5.42. The van der Waals surface area contributed by atoms with Gasteiger partial charge in [-0.25, -0.2) is 0 Å². The summed E-state index contributed by atoms with van der Waals surface area (Å²) in [4.78, 5) is 5.59. The van der Waals surface area contributed by atoms with E-state index in [1.807, 2.05) is 0 Å². The molecule has 0 amide bonds. The van der Waals surface area contributed by atoms with E-state index in [1.165, 1.54) is 64.7 Å². The molecule has 4 aliphatic heterocycles. The molecular formula is C14H25N3. The zero-order valence-electron chi connectivity index (χ0n) is 10.8. The van der Waals surface area contributed by atoms with Gasteiger partial charge in [0.25, 0.3) is 0 Å². The minimum atomic E-state index is 0.804. The van der Waals surface area contributed by atoms with Crippen LogP contribution in [0.5, 0.6) is 0 Å². The highest BCUT2D eigenvalue weighted by Gasteiger charge is 2.42. The summed E-state index contributed by atoms with van der Waals surface area (Å²) in [7, 11) is 0. The molecule has 4 rings (SSSR count). The first-order valence-electron chi connectivity index (χ1n) is 7.64. The first kappa shape index (κ1) is 10.8. The predicted octanol–water partition coefficient (Wildman–Crippen LogP) is 1.05. The summed E-state index contributed by atoms with van der Waals surface area (Å²) in [6, 6.07) is 3.44. The van der Waals surface area contributed by atoms with Crippen LogP contribution < -0.4 is 5.32 Å². The summed E-state index contributed by atoms with van der Waals surface area (Å²) in [5.74, 6) is 0. The van der Waals surface area contributed by atoms with Crippen molar-refractivity contribution in [3.63, 3.8) is 0 Å². The van der Waals surface area contributed by atoms with Gasteiger partial charge in [0.15, 0.2) is 0 Å². The molecule has 0 aromatic heterocycles. The molecule has 0 aromatic carbocycles. The maximum Gasteiger partial charge on any atom is 0.0264 e. The molecule has 3 heteroatoms. The Morgan fingerprint density at radius 2 is 1.53 bits per heavy atom. The predicted molar refractivity (Wildman–Crippen MR) is 69.1 cm³/mol. The normalized spacial score (nSPS) is 47.3. The second-order valence-corrected chi connectivity index (χ2v) is 6.52. The van der Waals surface area contributed by atoms with E-state index in [9.17, 15) is 0 Å². The van der Waals surface area contributed by atoms with Crippen molar-refractivity contribution in [1.29, 1.82) is 0 Å². The third kappa shape index (κ3) is 1.83. The van der Waals surface area contributed by atoms with Gasteiger partial charge in [-0.1, -0.05) is 0 Å². The quantitative estimate of drug-likeness (QED) is 0.733. The van der Waals surface area contributed by atoms with Gasteiger partial charge in [0.1, 0.15) is 0 Å². The molecule has 4 aliphatic rings. The largest absolute Gasteiger partial charge is 0.310 e. The van der Waals surface area contributed by atoms with Crippen LogP contribution in [0.15, 0.2) is 0 Å². The van der Waals surface area contributed by atoms with Crippen molar-refractivity contribution in [2.75, 3.05) is 26.2 Å². The van der Waals surface area contributed by atoms with Crippen molar-refractivity contribution in [3.8, 4) is 0 Å². The van der Waals surface area contributed by atoms with Gasteiger partial charge in [-0.15, -0.1) is 0 Å². The average molecular weight is 235 g/mol. The molecule has 0 saturated carbocycles. The molecule has 4 unspecified atom stereocenters. The van der Waals surface area contributed by atoms with Crippen molar-refractivity contribution in [2.45, 2.75) is 62.7 Å². The summed E-state index contributed by atoms with van der Waals surface area (Å²) in [6.07, 6.45) is 8.57. The second-order valence-electron chi connectivity index (χ2n) is 6.52. The molecule has 4 heterocycles. The Morgan fingerprint density at radius 3 is 2.53 bits per heavy atom. The fourth-order valence-corrected chi connectivity index (χ4v) is 4.75. The lowest BCUT2D eigenvalue weighted by atomic mass is 10.0. The Kier molecular flexibility index (Phi) is 2.67. The van der Waals surface area contributed by atoms with Crippen LogP contribution in [0.2, 0.25) is 0 Å². The van der Waals surface area contributed by atoms with Crippen molar-refractivity contribution >= 4 is 0 Å². The van der Waals surface area contributed by atoms with Gasteiger partial charge < -0.3 is 5.32 Å². The molecule has 96 valence electrons. The average Bonchev–Trinajstić information content (AvgIpc) is 2.94. The van der Waals surface area contributed by atoms with Crippen LogP contribution in [-0.4, -0.2) is 60.1 Å². The highest BCUT2D eigenvalue weighted by atomic mass is 15.3. The van der Waals surface area contributed by atoms with Crippen LogP contribution >= 0.6 is 0 Å². The summed E-state index contributed by atoms with van der Waals surface area (Å²) < 4.78 is 0. The van der Waals surface area contributed by atoms with E-state index in [2.05, 4.69) is 15.1 Å². The van der Waals surface area contributed by atoms with Crippen LogP contribution in [0.4, 0.5) is 0 Å². The minimum Gasteiger partial charge on any atom is -0.310 e. The van der Waals surface area contributed by atoms with Crippen molar-refractivity contribution < 1.29 is 0 Å². The molecular weight excluding hydrogens is 210 g/mol. The lowest BCUT2D eigenvalue weighted by Crippen LogP contribution is -2.46. The number of rotatable bonds is 1. The molecule has 1 N–H and O–H groups in total. The summed E-state index contributed by atoms with van der Waals surface area (Å²) in [5.41, 5.74) is 0. The van der Waals surface area contributed by atoms with Crippen LogP contribution in [0.25, 0.3) is 0 Å². The number of nitrogens with zero attached hydrogens (tertiary/aromatic N) is 2. The number of likely N-dealkylation sites (tertiary alicyclic amines) is 1. The van der Waals surface area contributed by atoms with Crippen LogP contribution in [-0.2, 0) is 0 Å². The van der Waals surface area contributed by atoms with Crippen LogP contribution in [0.1, 0.15) is 38.5 Å². The number of fused-ring (bicyclic) bond motifs is 3. The van der Waals surface area contributed by atoms with E-state index in [1.54, 1.807) is 0 Å². The highest BCUT2D eigenvalue weighted by molar-refractivity contribution is 5.00. The first-order valence-corrected chi connectivity index (χ1v) is 7.64. The number of nitrogens with one attached hydrogen (secondary N) is 1. The number of hydrogen-bond acceptors (Lipinski definition) is 3. The maximum absolute atomic E-state index is 3.81. The smallest absolute Gasteiger partial charge is 0.0264 e. The van der Waals surface area contributed by atoms with Gasteiger partial charge in [-0.3, -0.25) is 9.80 Å². The zero-order chi connectivity index (χ0) is 11.2. The molecule has 2 bridgehead atoms. The molecule has 0 aromatic rings. The third-order valence-electron chi connectivity index (χ3n) is 5.59. The van der Waals surface area contributed by atoms with Crippen molar-refractivity contribution in [3.05, 3.63) is 0 Å². The lowest BCUT2D eigenvalue weighted by molar-refractivity contribution is 0.153. The monoisotopic (exact) mass is 235 g/mol. The highest BCUT2D eigenvalue weighted by Crippen LogP contribution is 2.33. The SMILES string of the molecule is C1CC2C(N3CCC4CCC(C3)N4)CCN2C1. The number of hydrogen-bond donors (Lipinski definition) is 1. The molecule has 0 spiro atoms. The summed E-state index contributed by atoms with van der Waals surface area (Å²) in [5, 5.41) is 3.81. The minimum absolute atomic E-state index is 0.804. The van der Waals surface area contributed by atoms with Gasteiger partial charge in [0.05, 0.1) is 0 Å². The van der Waals surface area contributed by atoms with Crippen LogP contribution in [0.3, 0.4) is 0 Å². The molecule has 17 heavy (non-hydrogen) atoms. The fourth-order valence-electron chi connectivity index (χ4n) is 4.75. The molecule has 0 aliphatic carbocycles. The summed E-state index contributed by atoms with van der Waals surface area (Å²) >= 11 is 0. The van der Waals surface area contributed by atoms with E-state index >= 15 is 0 Å². The van der Waals surface area contributed by atoms with E-state index < -0.39 is 0 Å². The van der Waals surface area contributed by atoms with E-state index in [-0.39, 0.29) is 0 Å². The molecule has 4 atom stereocenters. The van der Waals surface area contributed by atoms with Crippen molar-refractivity contribution in [2.24, 2.45) is 0 Å². The van der Waals surface area contributed by atoms with E-state index in [0.717, 1.165) is 24.2 Å². The van der Waals surface area contributed by atoms with E-state index in [4.69, 9.17) is 0 Å². The Morgan fingerprint density at radius 1 is 0.706 bits per heavy atom. The lowest BCUT2D eigenvalue weighted by Gasteiger charge is -2.33.